The van der Waals surface area contributed by atoms with Gasteiger partial charge < -0.3 is 0 Å². The van der Waals surface area contributed by atoms with Gasteiger partial charge in [0.15, 0.2) is 0 Å². The summed E-state index contributed by atoms with van der Waals surface area (Å²) >= 11 is 2.51. The minimum absolute atomic E-state index is 0.720. The molecule has 0 aromatic heterocycles. The average molecular weight is 250 g/mol. The van der Waals surface area contributed by atoms with Crippen LogP contribution >= 0.6 is 22.6 Å². The SMILES string of the molecule is C=CC(I)C1CCCCC1. The fourth-order valence-corrected chi connectivity index (χ4v) is 2.36. The first-order chi connectivity index (χ1) is 4.84. The van der Waals surface area contributed by atoms with Gasteiger partial charge in [0, 0.05) is 3.92 Å². The molecule has 1 unspecified atom stereocenters. The Labute approximate surface area is 77.2 Å². The van der Waals surface area contributed by atoms with Gasteiger partial charge in [0.25, 0.3) is 0 Å². The summed E-state index contributed by atoms with van der Waals surface area (Å²) in [5.74, 6) is 0.937. The Bertz CT molecular complexity index is 103. The molecule has 0 radical (unpaired) electrons. The minimum Gasteiger partial charge on any atom is -0.102 e. The van der Waals surface area contributed by atoms with E-state index in [4.69, 9.17) is 0 Å². The van der Waals surface area contributed by atoms with E-state index in [1.807, 2.05) is 0 Å². The first-order valence-electron chi connectivity index (χ1n) is 4.11. The molecule has 0 amide bonds. The highest BCUT2D eigenvalue weighted by molar-refractivity contribution is 14.1. The molecule has 10 heavy (non-hydrogen) atoms. The van der Waals surface area contributed by atoms with Gasteiger partial charge in [0.1, 0.15) is 0 Å². The third-order valence-electron chi connectivity index (χ3n) is 2.33. The highest BCUT2D eigenvalue weighted by atomic mass is 127. The molecule has 0 aliphatic heterocycles. The maximum Gasteiger partial charge on any atom is 0.0315 e. The predicted molar refractivity (Wildman–Crippen MR) is 54.6 cm³/mol. The van der Waals surface area contributed by atoms with E-state index in [1.54, 1.807) is 0 Å². The van der Waals surface area contributed by atoms with Crippen LogP contribution < -0.4 is 0 Å². The van der Waals surface area contributed by atoms with E-state index < -0.39 is 0 Å². The fraction of sp³-hybridized carbons (Fsp3) is 0.778. The van der Waals surface area contributed by atoms with Crippen molar-refractivity contribution in [1.82, 2.24) is 0 Å². The molecule has 0 saturated heterocycles. The lowest BCUT2D eigenvalue weighted by atomic mass is 9.87. The summed E-state index contributed by atoms with van der Waals surface area (Å²) in [5.41, 5.74) is 0. The van der Waals surface area contributed by atoms with Crippen LogP contribution in [0.1, 0.15) is 32.1 Å². The summed E-state index contributed by atoms with van der Waals surface area (Å²) in [6.07, 6.45) is 9.29. The van der Waals surface area contributed by atoms with E-state index in [0.29, 0.717) is 0 Å². The van der Waals surface area contributed by atoms with Crippen molar-refractivity contribution in [3.05, 3.63) is 12.7 Å². The van der Waals surface area contributed by atoms with Crippen molar-refractivity contribution in [3.63, 3.8) is 0 Å². The third kappa shape index (κ3) is 2.26. The lowest BCUT2D eigenvalue weighted by molar-refractivity contribution is 0.373. The van der Waals surface area contributed by atoms with Crippen LogP contribution in [0.4, 0.5) is 0 Å². The van der Waals surface area contributed by atoms with Gasteiger partial charge in [-0.1, -0.05) is 47.9 Å². The van der Waals surface area contributed by atoms with Crippen molar-refractivity contribution in [3.8, 4) is 0 Å². The molecule has 0 bridgehead atoms. The molecule has 0 heterocycles. The molecule has 1 fully saturated rings. The summed E-state index contributed by atoms with van der Waals surface area (Å²) in [5, 5.41) is 0. The number of halogens is 1. The molecule has 0 nitrogen and oxygen atoms in total. The van der Waals surface area contributed by atoms with Crippen LogP contribution in [0.3, 0.4) is 0 Å². The molecule has 0 N–H and O–H groups in total. The van der Waals surface area contributed by atoms with Crippen LogP contribution in [0, 0.1) is 5.92 Å². The number of hydrogen-bond donors (Lipinski definition) is 0. The standard InChI is InChI=1S/C9H15I/c1-2-9(10)8-6-4-3-5-7-8/h2,8-9H,1,3-7H2. The highest BCUT2D eigenvalue weighted by Crippen LogP contribution is 2.30. The second kappa shape index (κ2) is 4.37. The van der Waals surface area contributed by atoms with Crippen LogP contribution in [0.15, 0.2) is 12.7 Å². The van der Waals surface area contributed by atoms with E-state index in [2.05, 4.69) is 35.2 Å². The van der Waals surface area contributed by atoms with Crippen molar-refractivity contribution in [1.29, 1.82) is 0 Å². The second-order valence-corrected chi connectivity index (χ2v) is 4.52. The summed E-state index contributed by atoms with van der Waals surface area (Å²) in [6, 6.07) is 0. The molecule has 0 spiro atoms. The molecule has 1 aliphatic carbocycles. The van der Waals surface area contributed by atoms with Crippen molar-refractivity contribution < 1.29 is 0 Å². The van der Waals surface area contributed by atoms with E-state index in [-0.39, 0.29) is 0 Å². The predicted octanol–water partition coefficient (Wildman–Crippen LogP) is 3.56. The molecule has 1 heteroatoms. The Kier molecular flexibility index (Phi) is 3.74. The first kappa shape index (κ1) is 8.57. The van der Waals surface area contributed by atoms with E-state index in [1.165, 1.54) is 32.1 Å². The summed E-state index contributed by atoms with van der Waals surface area (Å²) in [6.45, 7) is 3.83. The van der Waals surface area contributed by atoms with Crippen LogP contribution in [0.25, 0.3) is 0 Å². The smallest absolute Gasteiger partial charge is 0.0315 e. The monoisotopic (exact) mass is 250 g/mol. The lowest BCUT2D eigenvalue weighted by Gasteiger charge is -2.23. The second-order valence-electron chi connectivity index (χ2n) is 3.08. The van der Waals surface area contributed by atoms with Crippen molar-refractivity contribution in [2.24, 2.45) is 5.92 Å². The van der Waals surface area contributed by atoms with Crippen LogP contribution in [-0.2, 0) is 0 Å². The van der Waals surface area contributed by atoms with E-state index >= 15 is 0 Å². The van der Waals surface area contributed by atoms with Gasteiger partial charge in [-0.25, -0.2) is 0 Å². The van der Waals surface area contributed by atoms with E-state index in [0.717, 1.165) is 9.84 Å². The van der Waals surface area contributed by atoms with E-state index in [9.17, 15) is 0 Å². The maximum absolute atomic E-state index is 3.83. The van der Waals surface area contributed by atoms with Gasteiger partial charge in [-0.05, 0) is 18.8 Å². The van der Waals surface area contributed by atoms with Crippen LogP contribution in [0.2, 0.25) is 0 Å². The number of alkyl halides is 1. The zero-order valence-electron chi connectivity index (χ0n) is 6.35. The zero-order valence-corrected chi connectivity index (χ0v) is 8.51. The van der Waals surface area contributed by atoms with Crippen molar-refractivity contribution in [2.45, 2.75) is 36.0 Å². The molecular formula is C9H15I. The normalized spacial score (nSPS) is 24.1. The maximum atomic E-state index is 3.83. The number of rotatable bonds is 2. The van der Waals surface area contributed by atoms with Crippen molar-refractivity contribution >= 4 is 22.6 Å². The third-order valence-corrected chi connectivity index (χ3v) is 3.85. The van der Waals surface area contributed by atoms with Crippen LogP contribution in [0.5, 0.6) is 0 Å². The van der Waals surface area contributed by atoms with Gasteiger partial charge in [0.2, 0.25) is 0 Å². The van der Waals surface area contributed by atoms with Gasteiger partial charge in [0.05, 0.1) is 0 Å². The Morgan fingerprint density at radius 2 is 1.90 bits per heavy atom. The minimum atomic E-state index is 0.720. The summed E-state index contributed by atoms with van der Waals surface area (Å²) < 4.78 is 0.720. The molecule has 1 atom stereocenters. The lowest BCUT2D eigenvalue weighted by Crippen LogP contribution is -2.14. The number of allylic oxidation sites excluding steroid dienone is 1. The largest absolute Gasteiger partial charge is 0.102 e. The number of hydrogen-bond acceptors (Lipinski definition) is 0. The Balaban J connectivity index is 2.30. The van der Waals surface area contributed by atoms with Crippen LogP contribution in [-0.4, -0.2) is 3.92 Å². The van der Waals surface area contributed by atoms with Gasteiger partial charge in [-0.3, -0.25) is 0 Å². The van der Waals surface area contributed by atoms with Gasteiger partial charge in [-0.15, -0.1) is 6.58 Å². The quantitative estimate of drug-likeness (QED) is 0.399. The fourth-order valence-electron chi connectivity index (χ4n) is 1.65. The molecule has 0 aromatic rings. The Hall–Kier alpha value is 0.470. The average Bonchev–Trinajstić information content (AvgIpc) is 2.05. The molecular weight excluding hydrogens is 235 g/mol. The Morgan fingerprint density at radius 3 is 2.40 bits per heavy atom. The topological polar surface area (TPSA) is 0 Å². The Morgan fingerprint density at radius 1 is 1.30 bits per heavy atom. The van der Waals surface area contributed by atoms with Gasteiger partial charge >= 0.3 is 0 Å². The molecule has 58 valence electrons. The molecule has 1 saturated carbocycles. The molecule has 1 aliphatic rings. The first-order valence-corrected chi connectivity index (χ1v) is 5.36. The van der Waals surface area contributed by atoms with Crippen molar-refractivity contribution in [2.75, 3.05) is 0 Å². The molecule has 1 rings (SSSR count). The summed E-state index contributed by atoms with van der Waals surface area (Å²) in [4.78, 5) is 0. The molecule has 0 aromatic carbocycles. The van der Waals surface area contributed by atoms with Gasteiger partial charge in [-0.2, -0.15) is 0 Å². The summed E-state index contributed by atoms with van der Waals surface area (Å²) in [7, 11) is 0. The zero-order chi connectivity index (χ0) is 7.40. The highest BCUT2D eigenvalue weighted by Gasteiger charge is 2.18.